The van der Waals surface area contributed by atoms with Crippen LogP contribution in [0, 0.1) is 17.8 Å². The zero-order valence-corrected chi connectivity index (χ0v) is 25.3. The van der Waals surface area contributed by atoms with Crippen molar-refractivity contribution in [3.8, 4) is 17.6 Å². The third kappa shape index (κ3) is 7.74. The number of nitrogens with zero attached hydrogens (tertiary/aromatic N) is 1. The molecule has 0 bridgehead atoms. The summed E-state index contributed by atoms with van der Waals surface area (Å²) in [6, 6.07) is 8.88. The van der Waals surface area contributed by atoms with Crippen LogP contribution in [0.5, 0.6) is 5.75 Å². The zero-order valence-electron chi connectivity index (χ0n) is 23.5. The summed E-state index contributed by atoms with van der Waals surface area (Å²) in [7, 11) is 0.603. The molecule has 2 atom stereocenters. The van der Waals surface area contributed by atoms with Gasteiger partial charge in [0.1, 0.15) is 12.9 Å². The quantitative estimate of drug-likeness (QED) is 0.167. The molecular weight excluding hydrogens is 599 g/mol. The molecule has 1 aromatic heterocycles. The number of fused-ring (bicyclic) bond motifs is 1. The Labute approximate surface area is 245 Å². The van der Waals surface area contributed by atoms with E-state index in [0.717, 1.165) is 11.3 Å². The van der Waals surface area contributed by atoms with E-state index in [9.17, 15) is 30.9 Å². The van der Waals surface area contributed by atoms with E-state index in [-0.39, 0.29) is 30.0 Å². The van der Waals surface area contributed by atoms with Gasteiger partial charge < -0.3 is 24.8 Å². The number of rotatable bonds is 7. The van der Waals surface area contributed by atoms with E-state index in [1.54, 1.807) is 61.7 Å². The molecule has 1 saturated heterocycles. The van der Waals surface area contributed by atoms with Crippen LogP contribution >= 0.6 is 18.5 Å². The van der Waals surface area contributed by atoms with Crippen LogP contribution in [0.25, 0.3) is 10.1 Å². The fourth-order valence-corrected chi connectivity index (χ4v) is 7.04. The maximum absolute atomic E-state index is 13.8. The number of ether oxygens (including phenoxy) is 1. The van der Waals surface area contributed by atoms with Gasteiger partial charge in [0, 0.05) is 17.9 Å². The second kappa shape index (κ2) is 12.4. The molecule has 228 valence electrons. The molecule has 0 amide bonds. The molecule has 1 aliphatic rings. The number of thiophene rings is 1. The Morgan fingerprint density at radius 1 is 1.12 bits per heavy atom. The van der Waals surface area contributed by atoms with Gasteiger partial charge in [0.25, 0.3) is 0 Å². The molecule has 0 aliphatic carbocycles. The second-order valence-corrected chi connectivity index (χ2v) is 15.0. The van der Waals surface area contributed by atoms with Crippen molar-refractivity contribution in [3.05, 3.63) is 46.8 Å². The van der Waals surface area contributed by atoms with Crippen LogP contribution in [0.2, 0.25) is 0 Å². The first-order valence-corrected chi connectivity index (χ1v) is 16.6. The van der Waals surface area contributed by atoms with Crippen molar-refractivity contribution >= 4 is 45.2 Å². The van der Waals surface area contributed by atoms with Crippen LogP contribution in [0.4, 0.5) is 37.7 Å². The topological polar surface area (TPSA) is 53.6 Å². The van der Waals surface area contributed by atoms with Gasteiger partial charge >= 0.3 is 12.4 Å². The highest BCUT2D eigenvalue weighted by Gasteiger charge is 2.47. The maximum Gasteiger partial charge on any atom is 0.394 e. The van der Waals surface area contributed by atoms with Gasteiger partial charge in [-0.25, -0.2) is 0 Å². The third-order valence-corrected chi connectivity index (χ3v) is 9.87. The molecular formula is C29H32F6N3O2PS. The number of halogens is 6. The highest BCUT2D eigenvalue weighted by Crippen LogP contribution is 2.41. The lowest BCUT2D eigenvalue weighted by atomic mass is 9.91. The van der Waals surface area contributed by atoms with Gasteiger partial charge in [-0.1, -0.05) is 24.0 Å². The molecule has 3 aromatic rings. The molecule has 13 heteroatoms. The SMILES string of the molecule is COc1cc(P(C)(C)=O)ccc1NCC#Cc1sc2c(NC3CCN(C)CC3C(F)(F)F)cccc2c1CC(F)(F)F. The smallest absolute Gasteiger partial charge is 0.394 e. The first kappa shape index (κ1) is 32.1. The zero-order chi connectivity index (χ0) is 30.9. The number of anilines is 2. The molecule has 1 fully saturated rings. The van der Waals surface area contributed by atoms with E-state index in [1.165, 1.54) is 7.11 Å². The Bertz CT molecular complexity index is 1540. The van der Waals surface area contributed by atoms with Crippen LogP contribution in [0.3, 0.4) is 0 Å². The number of nitrogens with one attached hydrogen (secondary N) is 2. The van der Waals surface area contributed by atoms with Crippen LogP contribution in [-0.4, -0.2) is 70.4 Å². The molecule has 0 spiro atoms. The van der Waals surface area contributed by atoms with Crippen molar-refractivity contribution in [2.24, 2.45) is 5.92 Å². The highest BCUT2D eigenvalue weighted by atomic mass is 32.1. The molecule has 0 radical (unpaired) electrons. The number of benzene rings is 2. The van der Waals surface area contributed by atoms with Crippen LogP contribution in [0.1, 0.15) is 16.9 Å². The van der Waals surface area contributed by atoms with Crippen LogP contribution < -0.4 is 20.7 Å². The Morgan fingerprint density at radius 2 is 1.86 bits per heavy atom. The van der Waals surface area contributed by atoms with Gasteiger partial charge in [0.15, 0.2) is 0 Å². The van der Waals surface area contributed by atoms with Crippen molar-refractivity contribution < 1.29 is 35.6 Å². The van der Waals surface area contributed by atoms with Gasteiger partial charge in [-0.2, -0.15) is 26.3 Å². The Kier molecular flexibility index (Phi) is 9.46. The first-order valence-electron chi connectivity index (χ1n) is 13.2. The van der Waals surface area contributed by atoms with Gasteiger partial charge in [0.2, 0.25) is 0 Å². The van der Waals surface area contributed by atoms with E-state index in [4.69, 9.17) is 4.74 Å². The van der Waals surface area contributed by atoms with Gasteiger partial charge in [-0.3, -0.25) is 0 Å². The Morgan fingerprint density at radius 3 is 2.50 bits per heavy atom. The molecule has 4 rings (SSSR count). The Hall–Kier alpha value is -2.87. The highest BCUT2D eigenvalue weighted by molar-refractivity contribution is 7.70. The summed E-state index contributed by atoms with van der Waals surface area (Å²) >= 11 is 1.04. The summed E-state index contributed by atoms with van der Waals surface area (Å²) in [6.45, 7) is 3.69. The summed E-state index contributed by atoms with van der Waals surface area (Å²) in [5, 5.41) is 7.04. The minimum Gasteiger partial charge on any atom is -0.495 e. The molecule has 2 unspecified atom stereocenters. The molecule has 5 nitrogen and oxygen atoms in total. The van der Waals surface area contributed by atoms with E-state index in [1.807, 2.05) is 0 Å². The monoisotopic (exact) mass is 631 g/mol. The summed E-state index contributed by atoms with van der Waals surface area (Å²) in [4.78, 5) is 1.83. The van der Waals surface area contributed by atoms with Gasteiger partial charge in [-0.05, 0) is 68.6 Å². The maximum atomic E-state index is 13.8. The fourth-order valence-electron chi connectivity index (χ4n) is 5.01. The Balaban J connectivity index is 1.63. The summed E-state index contributed by atoms with van der Waals surface area (Å²) < 4.78 is 100. The predicted molar refractivity (Wildman–Crippen MR) is 158 cm³/mol. The summed E-state index contributed by atoms with van der Waals surface area (Å²) in [5.41, 5.74) is 0.947. The number of likely N-dealkylation sites (tertiary alicyclic amines) is 1. The van der Waals surface area contributed by atoms with Crippen molar-refractivity contribution in [2.75, 3.05) is 57.8 Å². The predicted octanol–water partition coefficient (Wildman–Crippen LogP) is 7.02. The lowest BCUT2D eigenvalue weighted by molar-refractivity contribution is -0.188. The largest absolute Gasteiger partial charge is 0.495 e. The summed E-state index contributed by atoms with van der Waals surface area (Å²) in [6.07, 6.45) is -9.89. The van der Waals surface area contributed by atoms with Crippen LogP contribution in [0.15, 0.2) is 36.4 Å². The van der Waals surface area contributed by atoms with E-state index >= 15 is 0 Å². The van der Waals surface area contributed by atoms with Crippen molar-refractivity contribution in [2.45, 2.75) is 31.2 Å². The molecule has 0 saturated carbocycles. The lowest BCUT2D eigenvalue weighted by Gasteiger charge is -2.38. The van der Waals surface area contributed by atoms with Gasteiger partial charge in [0.05, 0.1) is 46.9 Å². The minimum absolute atomic E-state index is 0.00187. The summed E-state index contributed by atoms with van der Waals surface area (Å²) in [5.74, 6) is 4.55. The molecule has 1 aliphatic heterocycles. The average molecular weight is 632 g/mol. The fraction of sp³-hybridized carbons (Fsp3) is 0.448. The number of hydrogen-bond donors (Lipinski definition) is 2. The normalized spacial score (nSPS) is 18.4. The number of alkyl halides is 6. The van der Waals surface area contributed by atoms with Crippen molar-refractivity contribution in [1.82, 2.24) is 4.90 Å². The van der Waals surface area contributed by atoms with E-state index in [2.05, 4.69) is 22.5 Å². The lowest BCUT2D eigenvalue weighted by Crippen LogP contribution is -2.50. The standard InChI is InChI=1S/C29H32F6N3O2PS/c1-38-14-12-22(21(17-38)29(33,34)35)37-24-8-5-7-19-20(16-28(30,31)32)26(42-27(19)24)9-6-13-36-23-11-10-18(41(3,4)39)15-25(23)40-2/h5,7-8,10-11,15,21-22,36-37H,12-14,16-17H2,1-4H3. The molecule has 2 N–H and O–H groups in total. The average Bonchev–Trinajstić information content (AvgIpc) is 3.23. The number of methoxy groups -OCH3 is 1. The molecule has 42 heavy (non-hydrogen) atoms. The third-order valence-electron chi connectivity index (χ3n) is 7.15. The van der Waals surface area contributed by atoms with Gasteiger partial charge in [-0.15, -0.1) is 11.3 Å². The minimum atomic E-state index is -4.51. The van der Waals surface area contributed by atoms with Crippen LogP contribution in [-0.2, 0) is 11.0 Å². The van der Waals surface area contributed by atoms with Crippen molar-refractivity contribution in [3.63, 3.8) is 0 Å². The molecule has 2 aromatic carbocycles. The van der Waals surface area contributed by atoms with Crippen molar-refractivity contribution in [1.29, 1.82) is 0 Å². The van der Waals surface area contributed by atoms with E-state index in [0.29, 0.717) is 39.1 Å². The van der Waals surface area contributed by atoms with E-state index < -0.39 is 37.9 Å². The second-order valence-electron chi connectivity index (χ2n) is 10.7. The molecule has 2 heterocycles. The first-order chi connectivity index (χ1) is 19.6. The number of piperidine rings is 1. The number of hydrogen-bond acceptors (Lipinski definition) is 6.